The maximum absolute atomic E-state index is 12.1. The van der Waals surface area contributed by atoms with E-state index in [0.29, 0.717) is 35.3 Å². The normalized spacial score (nSPS) is 19.3. The Labute approximate surface area is 151 Å². The minimum atomic E-state index is 0.0448. The first-order chi connectivity index (χ1) is 11.7. The summed E-state index contributed by atoms with van der Waals surface area (Å²) < 4.78 is 5.36. The summed E-state index contributed by atoms with van der Waals surface area (Å²) >= 11 is 7.45. The van der Waals surface area contributed by atoms with Gasteiger partial charge in [-0.3, -0.25) is 4.79 Å². The molecule has 2 heterocycles. The quantitative estimate of drug-likeness (QED) is 0.488. The van der Waals surface area contributed by atoms with Gasteiger partial charge >= 0.3 is 0 Å². The molecule has 1 saturated carbocycles. The molecule has 2 aliphatic rings. The highest BCUT2D eigenvalue weighted by molar-refractivity contribution is 7.99. The summed E-state index contributed by atoms with van der Waals surface area (Å²) in [6.07, 6.45) is 5.87. The third-order valence-electron chi connectivity index (χ3n) is 4.30. The number of ether oxygens (including phenoxy) is 1. The third-order valence-corrected chi connectivity index (χ3v) is 5.34. The van der Waals surface area contributed by atoms with E-state index in [-0.39, 0.29) is 5.91 Å². The van der Waals surface area contributed by atoms with Crippen LogP contribution in [0.15, 0.2) is 11.2 Å². The molecule has 1 amide bonds. The molecule has 0 spiro atoms. The van der Waals surface area contributed by atoms with Gasteiger partial charge in [0.1, 0.15) is 11.0 Å². The fourth-order valence-corrected chi connectivity index (χ4v) is 3.94. The molecule has 0 unspecified atom stereocenters. The van der Waals surface area contributed by atoms with Crippen LogP contribution < -0.4 is 10.2 Å². The number of aromatic nitrogens is 2. The number of hydrogen-bond acceptors (Lipinski definition) is 6. The number of nitrogens with one attached hydrogen (secondary N) is 1. The lowest BCUT2D eigenvalue weighted by molar-refractivity contribution is -0.119. The smallest absolute Gasteiger partial charge is 0.230 e. The van der Waals surface area contributed by atoms with Crippen molar-refractivity contribution in [1.29, 1.82) is 0 Å². The topological polar surface area (TPSA) is 67.4 Å². The van der Waals surface area contributed by atoms with E-state index in [1.54, 1.807) is 6.07 Å². The van der Waals surface area contributed by atoms with E-state index in [2.05, 4.69) is 20.2 Å². The molecule has 1 aromatic rings. The molecular weight excluding hydrogens is 348 g/mol. The monoisotopic (exact) mass is 370 g/mol. The Morgan fingerprint density at radius 1 is 1.29 bits per heavy atom. The van der Waals surface area contributed by atoms with Crippen LogP contribution in [0, 0.1) is 0 Å². The Morgan fingerprint density at radius 3 is 2.79 bits per heavy atom. The summed E-state index contributed by atoms with van der Waals surface area (Å²) in [7, 11) is 0. The van der Waals surface area contributed by atoms with Crippen molar-refractivity contribution in [1.82, 2.24) is 15.3 Å². The van der Waals surface area contributed by atoms with Crippen molar-refractivity contribution >= 4 is 35.1 Å². The number of anilines is 1. The largest absolute Gasteiger partial charge is 0.378 e. The lowest BCUT2D eigenvalue weighted by atomic mass is 9.95. The van der Waals surface area contributed by atoms with Gasteiger partial charge in [-0.1, -0.05) is 42.6 Å². The number of amides is 1. The second-order valence-corrected chi connectivity index (χ2v) is 7.45. The average Bonchev–Trinajstić information content (AvgIpc) is 2.61. The van der Waals surface area contributed by atoms with Crippen molar-refractivity contribution in [2.24, 2.45) is 0 Å². The number of rotatable bonds is 5. The standard InChI is InChI=1S/C16H23ClN4O2S/c17-13-10-14(21-6-8-23-9-7-21)20-16(19-13)24-11-15(22)18-12-4-2-1-3-5-12/h10,12H,1-9,11H2,(H,18,22). The molecule has 0 bridgehead atoms. The number of carbonyl (C=O) groups is 1. The van der Waals surface area contributed by atoms with Crippen LogP contribution in [0.25, 0.3) is 0 Å². The fraction of sp³-hybridized carbons (Fsp3) is 0.688. The lowest BCUT2D eigenvalue weighted by Gasteiger charge is -2.27. The van der Waals surface area contributed by atoms with Gasteiger partial charge in [0.15, 0.2) is 5.16 Å². The first kappa shape index (κ1) is 17.8. The van der Waals surface area contributed by atoms with Gasteiger partial charge in [-0.15, -0.1) is 0 Å². The van der Waals surface area contributed by atoms with Crippen molar-refractivity contribution < 1.29 is 9.53 Å². The van der Waals surface area contributed by atoms with Crippen LogP contribution in [-0.2, 0) is 9.53 Å². The number of morpholine rings is 1. The van der Waals surface area contributed by atoms with Crippen LogP contribution in [0.4, 0.5) is 5.82 Å². The number of carbonyl (C=O) groups excluding carboxylic acids is 1. The van der Waals surface area contributed by atoms with Crippen molar-refractivity contribution in [3.8, 4) is 0 Å². The van der Waals surface area contributed by atoms with E-state index in [0.717, 1.165) is 31.7 Å². The SMILES string of the molecule is O=C(CSc1nc(Cl)cc(N2CCOCC2)n1)NC1CCCCC1. The van der Waals surface area contributed by atoms with Crippen LogP contribution in [0.1, 0.15) is 32.1 Å². The summed E-state index contributed by atoms with van der Waals surface area (Å²) in [5.41, 5.74) is 0. The Balaban J connectivity index is 1.54. The van der Waals surface area contributed by atoms with Gasteiger partial charge in [-0.25, -0.2) is 9.97 Å². The minimum absolute atomic E-state index is 0.0448. The van der Waals surface area contributed by atoms with E-state index < -0.39 is 0 Å². The van der Waals surface area contributed by atoms with E-state index in [4.69, 9.17) is 16.3 Å². The molecular formula is C16H23ClN4O2S. The Kier molecular flexibility index (Phi) is 6.57. The molecule has 2 fully saturated rings. The molecule has 8 heteroatoms. The summed E-state index contributed by atoms with van der Waals surface area (Å²) in [5, 5.41) is 4.06. The van der Waals surface area contributed by atoms with Crippen LogP contribution >= 0.6 is 23.4 Å². The maximum Gasteiger partial charge on any atom is 0.230 e. The van der Waals surface area contributed by atoms with Gasteiger partial charge in [-0.2, -0.15) is 0 Å². The Hall–Kier alpha value is -1.05. The third kappa shape index (κ3) is 5.22. The van der Waals surface area contributed by atoms with Crippen LogP contribution in [0.2, 0.25) is 5.15 Å². The summed E-state index contributed by atoms with van der Waals surface area (Å²) in [6.45, 7) is 2.96. The van der Waals surface area contributed by atoms with Gasteiger partial charge in [0.25, 0.3) is 0 Å². The first-order valence-electron chi connectivity index (χ1n) is 8.50. The van der Waals surface area contributed by atoms with Crippen LogP contribution in [0.5, 0.6) is 0 Å². The summed E-state index contributed by atoms with van der Waals surface area (Å²) in [5.74, 6) is 1.16. The van der Waals surface area contributed by atoms with E-state index in [1.165, 1.54) is 31.0 Å². The number of halogens is 1. The molecule has 1 aromatic heterocycles. The highest BCUT2D eigenvalue weighted by Gasteiger charge is 2.17. The van der Waals surface area contributed by atoms with Crippen molar-refractivity contribution in [3.63, 3.8) is 0 Å². The van der Waals surface area contributed by atoms with Gasteiger partial charge in [0.05, 0.1) is 19.0 Å². The molecule has 132 valence electrons. The Bertz CT molecular complexity index is 563. The molecule has 1 aliphatic carbocycles. The molecule has 0 aromatic carbocycles. The van der Waals surface area contributed by atoms with E-state index in [1.807, 2.05) is 0 Å². The van der Waals surface area contributed by atoms with Crippen molar-refractivity contribution in [3.05, 3.63) is 11.2 Å². The fourth-order valence-electron chi connectivity index (χ4n) is 3.05. The molecule has 24 heavy (non-hydrogen) atoms. The summed E-state index contributed by atoms with van der Waals surface area (Å²) in [4.78, 5) is 23.0. The van der Waals surface area contributed by atoms with Gasteiger partial charge in [0, 0.05) is 25.2 Å². The number of nitrogens with zero attached hydrogens (tertiary/aromatic N) is 3. The Morgan fingerprint density at radius 2 is 2.04 bits per heavy atom. The molecule has 0 radical (unpaired) electrons. The average molecular weight is 371 g/mol. The predicted octanol–water partition coefficient (Wildman–Crippen LogP) is 2.51. The minimum Gasteiger partial charge on any atom is -0.378 e. The zero-order valence-corrected chi connectivity index (χ0v) is 15.2. The van der Waals surface area contributed by atoms with Crippen molar-refractivity contribution in [2.75, 3.05) is 37.0 Å². The summed E-state index contributed by atoms with van der Waals surface area (Å²) in [6, 6.07) is 2.09. The van der Waals surface area contributed by atoms with E-state index >= 15 is 0 Å². The molecule has 0 atom stereocenters. The molecule has 1 saturated heterocycles. The lowest BCUT2D eigenvalue weighted by Crippen LogP contribution is -2.37. The van der Waals surface area contributed by atoms with Gasteiger partial charge < -0.3 is 15.0 Å². The highest BCUT2D eigenvalue weighted by atomic mass is 35.5. The van der Waals surface area contributed by atoms with Gasteiger partial charge in [-0.05, 0) is 12.8 Å². The molecule has 1 aliphatic heterocycles. The molecule has 3 rings (SSSR count). The zero-order valence-electron chi connectivity index (χ0n) is 13.7. The molecule has 6 nitrogen and oxygen atoms in total. The maximum atomic E-state index is 12.1. The number of thioether (sulfide) groups is 1. The second-order valence-electron chi connectivity index (χ2n) is 6.12. The van der Waals surface area contributed by atoms with Gasteiger partial charge in [0.2, 0.25) is 5.91 Å². The predicted molar refractivity (Wildman–Crippen MR) is 95.8 cm³/mol. The molecule has 1 N–H and O–H groups in total. The van der Waals surface area contributed by atoms with Crippen LogP contribution in [0.3, 0.4) is 0 Å². The van der Waals surface area contributed by atoms with Crippen LogP contribution in [-0.4, -0.2) is 54.0 Å². The highest BCUT2D eigenvalue weighted by Crippen LogP contribution is 2.23. The zero-order chi connectivity index (χ0) is 16.8. The van der Waals surface area contributed by atoms with E-state index in [9.17, 15) is 4.79 Å². The second kappa shape index (κ2) is 8.87. The van der Waals surface area contributed by atoms with Crippen molar-refractivity contribution in [2.45, 2.75) is 43.3 Å². The first-order valence-corrected chi connectivity index (χ1v) is 9.86. The number of hydrogen-bond donors (Lipinski definition) is 1.